The second kappa shape index (κ2) is 9.08. The predicted octanol–water partition coefficient (Wildman–Crippen LogP) is 4.96. The van der Waals surface area contributed by atoms with E-state index in [9.17, 15) is 4.79 Å². The van der Waals surface area contributed by atoms with Crippen molar-refractivity contribution in [1.29, 1.82) is 0 Å². The lowest BCUT2D eigenvalue weighted by Gasteiger charge is -2.27. The highest BCUT2D eigenvalue weighted by molar-refractivity contribution is 5.93. The number of hydrogen-bond acceptors (Lipinski definition) is 3. The van der Waals surface area contributed by atoms with Crippen LogP contribution in [-0.4, -0.2) is 60.7 Å². The highest BCUT2D eigenvalue weighted by atomic mass is 16.6. The number of amides is 1. The molecule has 176 valence electrons. The second-order valence-corrected chi connectivity index (χ2v) is 10.4. The molecule has 2 unspecified atom stereocenters. The van der Waals surface area contributed by atoms with Crippen molar-refractivity contribution in [2.24, 2.45) is 16.8 Å². The van der Waals surface area contributed by atoms with E-state index in [1.165, 1.54) is 16.3 Å². The van der Waals surface area contributed by atoms with E-state index in [1.807, 2.05) is 32.7 Å². The minimum absolute atomic E-state index is 0.200. The van der Waals surface area contributed by atoms with Crippen LogP contribution in [0.3, 0.4) is 0 Å². The van der Waals surface area contributed by atoms with E-state index >= 15 is 0 Å². The number of ether oxygens (including phenoxy) is 1. The van der Waals surface area contributed by atoms with Gasteiger partial charge in [0.2, 0.25) is 0 Å². The molecule has 0 aromatic heterocycles. The molecule has 2 aromatic carbocycles. The Morgan fingerprint density at radius 3 is 2.15 bits per heavy atom. The smallest absolute Gasteiger partial charge is 0.410 e. The Kier molecular flexibility index (Phi) is 6.37. The van der Waals surface area contributed by atoms with E-state index in [4.69, 9.17) is 4.74 Å². The summed E-state index contributed by atoms with van der Waals surface area (Å²) in [5, 5.41) is 6.09. The van der Waals surface area contributed by atoms with Gasteiger partial charge in [0, 0.05) is 50.8 Å². The molecule has 0 spiro atoms. The molecular formula is C27H36N4O2. The lowest BCUT2D eigenvalue weighted by atomic mass is 10.0. The highest BCUT2D eigenvalue weighted by Gasteiger charge is 2.43. The Bertz CT molecular complexity index is 1080. The van der Waals surface area contributed by atoms with Gasteiger partial charge in [0.1, 0.15) is 5.60 Å². The van der Waals surface area contributed by atoms with E-state index in [0.29, 0.717) is 11.8 Å². The van der Waals surface area contributed by atoms with E-state index in [2.05, 4.69) is 71.5 Å². The SMILES string of the molecule is CN=C(NC(=C(C)C)c1ccc2ccccc2c1)N1CC2CN(C(=O)OC(C)(C)C)CC2C1. The van der Waals surface area contributed by atoms with Gasteiger partial charge in [-0.2, -0.15) is 0 Å². The minimum atomic E-state index is -0.462. The summed E-state index contributed by atoms with van der Waals surface area (Å²) < 4.78 is 5.57. The van der Waals surface area contributed by atoms with Crippen molar-refractivity contribution in [3.05, 3.63) is 53.6 Å². The van der Waals surface area contributed by atoms with Crippen molar-refractivity contribution in [1.82, 2.24) is 15.1 Å². The van der Waals surface area contributed by atoms with Crippen LogP contribution in [-0.2, 0) is 4.74 Å². The highest BCUT2D eigenvalue weighted by Crippen LogP contribution is 2.32. The van der Waals surface area contributed by atoms with Crippen molar-refractivity contribution >= 4 is 28.5 Å². The lowest BCUT2D eigenvalue weighted by Crippen LogP contribution is -2.42. The number of guanidine groups is 1. The standard InChI is InChI=1S/C27H36N4O2/c1-18(2)24(21-12-11-19-9-7-8-10-20(19)13-21)29-25(28-6)30-14-22-16-31(17-23(22)15-30)26(32)33-27(3,4)5/h7-13,22-23H,14-17H2,1-6H3,(H,28,29). The molecule has 2 atom stereocenters. The van der Waals surface area contributed by atoms with Gasteiger partial charge in [-0.1, -0.05) is 42.0 Å². The monoisotopic (exact) mass is 448 g/mol. The van der Waals surface area contributed by atoms with Crippen molar-refractivity contribution in [2.45, 2.75) is 40.2 Å². The quantitative estimate of drug-likeness (QED) is 0.521. The van der Waals surface area contributed by atoms with Gasteiger partial charge in [-0.05, 0) is 57.0 Å². The summed E-state index contributed by atoms with van der Waals surface area (Å²) >= 11 is 0. The van der Waals surface area contributed by atoms with E-state index in [0.717, 1.165) is 43.4 Å². The zero-order valence-electron chi connectivity index (χ0n) is 20.7. The fourth-order valence-corrected chi connectivity index (χ4v) is 4.86. The fourth-order valence-electron chi connectivity index (χ4n) is 4.86. The number of nitrogens with one attached hydrogen (secondary N) is 1. The molecule has 1 amide bonds. The van der Waals surface area contributed by atoms with Gasteiger partial charge in [0.15, 0.2) is 5.96 Å². The Morgan fingerprint density at radius 2 is 1.58 bits per heavy atom. The number of benzene rings is 2. The van der Waals surface area contributed by atoms with Crippen LogP contribution in [0.1, 0.15) is 40.2 Å². The number of carbonyl (C=O) groups excluding carboxylic acids is 1. The summed E-state index contributed by atoms with van der Waals surface area (Å²) in [6.07, 6.45) is -0.200. The Hall–Kier alpha value is -3.02. The maximum absolute atomic E-state index is 12.5. The number of rotatable bonds is 2. The normalized spacial score (nSPS) is 20.7. The van der Waals surface area contributed by atoms with Gasteiger partial charge >= 0.3 is 6.09 Å². The van der Waals surface area contributed by atoms with Gasteiger partial charge in [-0.25, -0.2) is 4.79 Å². The van der Waals surface area contributed by atoms with E-state index in [1.54, 1.807) is 0 Å². The molecule has 2 aliphatic rings. The van der Waals surface area contributed by atoms with Crippen LogP contribution >= 0.6 is 0 Å². The van der Waals surface area contributed by atoms with E-state index in [-0.39, 0.29) is 6.09 Å². The molecule has 2 heterocycles. The molecule has 2 saturated heterocycles. The predicted molar refractivity (Wildman–Crippen MR) is 135 cm³/mol. The van der Waals surface area contributed by atoms with Crippen LogP contribution in [0.25, 0.3) is 16.5 Å². The molecule has 0 saturated carbocycles. The zero-order chi connectivity index (χ0) is 23.8. The summed E-state index contributed by atoms with van der Waals surface area (Å²) in [4.78, 5) is 21.3. The van der Waals surface area contributed by atoms with Crippen molar-refractivity contribution in [3.8, 4) is 0 Å². The van der Waals surface area contributed by atoms with Crippen molar-refractivity contribution in [3.63, 3.8) is 0 Å². The molecule has 6 nitrogen and oxygen atoms in total. The molecular weight excluding hydrogens is 412 g/mol. The van der Waals surface area contributed by atoms with Gasteiger partial charge in [-0.15, -0.1) is 0 Å². The third kappa shape index (κ3) is 5.15. The summed E-state index contributed by atoms with van der Waals surface area (Å²) in [7, 11) is 1.84. The number of aliphatic imine (C=N–C) groups is 1. The third-order valence-corrected chi connectivity index (χ3v) is 6.42. The molecule has 2 fully saturated rings. The van der Waals surface area contributed by atoms with Crippen LogP contribution in [0.5, 0.6) is 0 Å². The summed E-state index contributed by atoms with van der Waals surface area (Å²) in [6, 6.07) is 15.0. The van der Waals surface area contributed by atoms with Crippen LogP contribution in [0.4, 0.5) is 4.79 Å². The number of fused-ring (bicyclic) bond motifs is 2. The Morgan fingerprint density at radius 1 is 0.970 bits per heavy atom. The zero-order valence-corrected chi connectivity index (χ0v) is 20.7. The van der Waals surface area contributed by atoms with Crippen LogP contribution in [0.2, 0.25) is 0 Å². The van der Waals surface area contributed by atoms with Crippen molar-refractivity contribution < 1.29 is 9.53 Å². The first-order chi connectivity index (χ1) is 15.6. The number of allylic oxidation sites excluding steroid dienone is 1. The van der Waals surface area contributed by atoms with Crippen molar-refractivity contribution in [2.75, 3.05) is 33.2 Å². The topological polar surface area (TPSA) is 57.2 Å². The minimum Gasteiger partial charge on any atom is -0.444 e. The maximum Gasteiger partial charge on any atom is 0.410 e. The van der Waals surface area contributed by atoms with E-state index < -0.39 is 5.60 Å². The summed E-state index contributed by atoms with van der Waals surface area (Å²) in [5.74, 6) is 1.76. The molecule has 33 heavy (non-hydrogen) atoms. The molecule has 0 bridgehead atoms. The average molecular weight is 449 g/mol. The Balaban J connectivity index is 1.44. The van der Waals surface area contributed by atoms with Gasteiger partial charge < -0.3 is 19.9 Å². The Labute approximate surface area is 197 Å². The molecule has 1 N–H and O–H groups in total. The summed E-state index contributed by atoms with van der Waals surface area (Å²) in [6.45, 7) is 13.3. The number of likely N-dealkylation sites (tertiary alicyclic amines) is 2. The third-order valence-electron chi connectivity index (χ3n) is 6.42. The lowest BCUT2D eigenvalue weighted by molar-refractivity contribution is 0.0278. The van der Waals surface area contributed by atoms with Gasteiger partial charge in [-0.3, -0.25) is 4.99 Å². The van der Waals surface area contributed by atoms with Crippen LogP contribution in [0, 0.1) is 11.8 Å². The first-order valence-corrected chi connectivity index (χ1v) is 11.8. The maximum atomic E-state index is 12.5. The van der Waals surface area contributed by atoms with Crippen LogP contribution < -0.4 is 5.32 Å². The number of nitrogens with zero attached hydrogens (tertiary/aromatic N) is 3. The molecule has 2 aliphatic heterocycles. The fraction of sp³-hybridized carbons (Fsp3) is 0.481. The first kappa shape index (κ1) is 23.1. The van der Waals surface area contributed by atoms with Gasteiger partial charge in [0.25, 0.3) is 0 Å². The molecule has 2 aromatic rings. The average Bonchev–Trinajstić information content (AvgIpc) is 3.32. The molecule has 6 heteroatoms. The first-order valence-electron chi connectivity index (χ1n) is 11.8. The second-order valence-electron chi connectivity index (χ2n) is 10.4. The number of hydrogen-bond donors (Lipinski definition) is 1. The number of carbonyl (C=O) groups is 1. The molecule has 4 rings (SSSR count). The molecule has 0 aliphatic carbocycles. The van der Waals surface area contributed by atoms with Crippen LogP contribution in [0.15, 0.2) is 53.0 Å². The van der Waals surface area contributed by atoms with Gasteiger partial charge in [0.05, 0.1) is 0 Å². The molecule has 0 radical (unpaired) electrons. The summed E-state index contributed by atoms with van der Waals surface area (Å²) in [5.41, 5.74) is 3.00. The largest absolute Gasteiger partial charge is 0.444 e.